The Morgan fingerprint density at radius 3 is 2.41 bits per heavy atom. The van der Waals surface area contributed by atoms with Gasteiger partial charge in [-0.2, -0.15) is 5.12 Å². The highest BCUT2D eigenvalue weighted by molar-refractivity contribution is 6.04. The van der Waals surface area contributed by atoms with Gasteiger partial charge in [0.15, 0.2) is 0 Å². The number of carbonyl (C=O) groups excluding carboxylic acids is 2. The number of aryl methyl sites for hydroxylation is 1. The van der Waals surface area contributed by atoms with E-state index in [1.807, 2.05) is 63.5 Å². The van der Waals surface area contributed by atoms with Crippen LogP contribution in [0.25, 0.3) is 10.9 Å². The van der Waals surface area contributed by atoms with E-state index in [0.717, 1.165) is 61.8 Å². The molecule has 0 bridgehead atoms. The van der Waals surface area contributed by atoms with E-state index in [0.29, 0.717) is 30.5 Å². The number of aromatic nitrogens is 2. The molecule has 5 rings (SSSR count). The third-order valence-electron chi connectivity index (χ3n) is 8.06. The molecule has 1 aliphatic heterocycles. The number of anilines is 3. The number of nitrogens with zero attached hydrogens (tertiary/aromatic N) is 5. The lowest BCUT2D eigenvalue weighted by atomic mass is 10.0. The molecule has 4 aromatic rings. The molecule has 0 aliphatic carbocycles. The minimum atomic E-state index is -0.814. The van der Waals surface area contributed by atoms with E-state index in [1.165, 1.54) is 5.56 Å². The molecule has 2 N–H and O–H groups in total. The Balaban J connectivity index is 0.000000892. The predicted molar refractivity (Wildman–Crippen MR) is 180 cm³/mol. The third-order valence-corrected chi connectivity index (χ3v) is 8.06. The van der Waals surface area contributed by atoms with Gasteiger partial charge in [-0.3, -0.25) is 14.5 Å². The highest BCUT2D eigenvalue weighted by Crippen LogP contribution is 2.31. The molecule has 11 heteroatoms. The quantitative estimate of drug-likeness (QED) is 0.162. The molecule has 0 atom stereocenters. The summed E-state index contributed by atoms with van der Waals surface area (Å²) >= 11 is 0. The maximum Gasteiger partial charge on any atom is 0.256 e. The van der Waals surface area contributed by atoms with Gasteiger partial charge in [0, 0.05) is 93.7 Å². The summed E-state index contributed by atoms with van der Waals surface area (Å²) in [5.74, 6) is 0.280. The van der Waals surface area contributed by atoms with Crippen LogP contribution in [-0.4, -0.2) is 82.5 Å². The predicted octanol–water partition coefficient (Wildman–Crippen LogP) is 5.69. The van der Waals surface area contributed by atoms with Crippen molar-refractivity contribution in [3.05, 3.63) is 84.2 Å². The van der Waals surface area contributed by atoms with Gasteiger partial charge in [0.2, 0.25) is 6.41 Å². The van der Waals surface area contributed by atoms with Crippen LogP contribution in [-0.2, 0) is 23.1 Å². The third kappa shape index (κ3) is 9.84. The van der Waals surface area contributed by atoms with E-state index in [2.05, 4.69) is 48.9 Å². The van der Waals surface area contributed by atoms with Crippen LogP contribution in [0.1, 0.15) is 49.0 Å². The van der Waals surface area contributed by atoms with Crippen LogP contribution in [0.2, 0.25) is 0 Å². The van der Waals surface area contributed by atoms with E-state index in [1.54, 1.807) is 13.3 Å². The van der Waals surface area contributed by atoms with E-state index >= 15 is 0 Å². The Kier molecular flexibility index (Phi) is 11.9. The first kappa shape index (κ1) is 34.6. The van der Waals surface area contributed by atoms with Gasteiger partial charge in [0.05, 0.1) is 11.7 Å². The number of methoxy groups -OCH3 is 1. The first-order valence-electron chi connectivity index (χ1n) is 15.5. The monoisotopic (exact) mass is 632 g/mol. The lowest BCUT2D eigenvalue weighted by Gasteiger charge is -2.31. The van der Waals surface area contributed by atoms with Gasteiger partial charge in [0.1, 0.15) is 5.82 Å². The molecule has 3 heterocycles. The molecule has 1 fully saturated rings. The fourth-order valence-corrected chi connectivity index (χ4v) is 5.40. The maximum absolute atomic E-state index is 13.1. The summed E-state index contributed by atoms with van der Waals surface area (Å²) in [6.07, 6.45) is 6.88. The molecule has 0 saturated carbocycles. The average Bonchev–Trinajstić information content (AvgIpc) is 3.41. The molecule has 0 unspecified atom stereocenters. The van der Waals surface area contributed by atoms with Crippen molar-refractivity contribution >= 4 is 40.4 Å². The van der Waals surface area contributed by atoms with Crippen molar-refractivity contribution in [2.24, 2.45) is 7.05 Å². The smallest absolute Gasteiger partial charge is 0.256 e. The number of benzene rings is 2. The second-order valence-electron chi connectivity index (χ2n) is 12.3. The summed E-state index contributed by atoms with van der Waals surface area (Å²) in [5, 5.41) is 14.5. The topological polar surface area (TPSA) is 103 Å². The SMILES string of the molecule is CN(F)C=O.COC1CCN(Cc2ccc(C(=O)Nc3cc(N(CCC(C)(C)O)c4ccc5c(ccn5C)c4)ccn3)cc2)CC1. The second-order valence-corrected chi connectivity index (χ2v) is 12.3. The van der Waals surface area contributed by atoms with Crippen LogP contribution < -0.4 is 10.2 Å². The number of fused-ring (bicyclic) bond motifs is 1. The number of aliphatic hydroxyl groups is 1. The molecule has 10 nitrogen and oxygen atoms in total. The van der Waals surface area contributed by atoms with Gasteiger partial charge in [-0.15, -0.1) is 0 Å². The number of amides is 2. The van der Waals surface area contributed by atoms with E-state index in [4.69, 9.17) is 9.53 Å². The van der Waals surface area contributed by atoms with Crippen molar-refractivity contribution in [3.63, 3.8) is 0 Å². The van der Waals surface area contributed by atoms with E-state index in [9.17, 15) is 14.4 Å². The molecular weight excluding hydrogens is 587 g/mol. The minimum Gasteiger partial charge on any atom is -0.390 e. The number of hydrogen-bond acceptors (Lipinski definition) is 7. The van der Waals surface area contributed by atoms with Gasteiger partial charge >= 0.3 is 0 Å². The summed E-state index contributed by atoms with van der Waals surface area (Å²) < 4.78 is 18.5. The van der Waals surface area contributed by atoms with Crippen molar-refractivity contribution in [3.8, 4) is 0 Å². The Labute approximate surface area is 270 Å². The Morgan fingerprint density at radius 2 is 1.78 bits per heavy atom. The molecule has 1 aliphatic rings. The molecule has 0 radical (unpaired) electrons. The Bertz CT molecular complexity index is 1580. The average molecular weight is 633 g/mol. The molecule has 246 valence electrons. The minimum absolute atomic E-state index is 0.0556. The number of hydrogen-bond donors (Lipinski definition) is 2. The summed E-state index contributed by atoms with van der Waals surface area (Å²) in [4.78, 5) is 31.2. The van der Waals surface area contributed by atoms with Crippen molar-refractivity contribution in [2.75, 3.05) is 44.0 Å². The van der Waals surface area contributed by atoms with Gasteiger partial charge in [0.25, 0.3) is 5.91 Å². The zero-order valence-corrected chi connectivity index (χ0v) is 27.3. The standard InChI is InChI=1S/C33H41N5O3.C2H4FNO/c1-33(2,40)15-20-38(27-9-10-30-26(21-27)12-17-36(30)3)28-11-16-34-31(22-28)35-32(39)25-7-5-24(6-8-25)23-37-18-13-29(41-4)14-19-37;1-4(3)2-5/h5-12,16-17,21-22,29,40H,13-15,18-20,23H2,1-4H3,(H,34,35,39);2H,1H3. The molecule has 2 amide bonds. The largest absolute Gasteiger partial charge is 0.390 e. The second kappa shape index (κ2) is 15.8. The van der Waals surface area contributed by atoms with Gasteiger partial charge < -0.3 is 24.6 Å². The Morgan fingerprint density at radius 1 is 1.11 bits per heavy atom. The van der Waals surface area contributed by atoms with Gasteiger partial charge in [-0.25, -0.2) is 4.98 Å². The molecule has 2 aromatic heterocycles. The lowest BCUT2D eigenvalue weighted by Crippen LogP contribution is -2.36. The molecule has 0 spiro atoms. The summed E-state index contributed by atoms with van der Waals surface area (Å²) in [6, 6.07) is 20.1. The zero-order valence-electron chi connectivity index (χ0n) is 27.3. The summed E-state index contributed by atoms with van der Waals surface area (Å²) in [6.45, 7) is 7.15. The number of rotatable bonds is 11. The van der Waals surface area contributed by atoms with Crippen molar-refractivity contribution < 1.29 is 23.9 Å². The number of pyridine rings is 1. The van der Waals surface area contributed by atoms with Crippen molar-refractivity contribution in [1.82, 2.24) is 19.6 Å². The number of likely N-dealkylation sites (tertiary alicyclic amines) is 1. The highest BCUT2D eigenvalue weighted by Gasteiger charge is 2.20. The molecule has 2 aromatic carbocycles. The molecule has 46 heavy (non-hydrogen) atoms. The first-order valence-corrected chi connectivity index (χ1v) is 15.5. The van der Waals surface area contributed by atoms with Crippen molar-refractivity contribution in [1.29, 1.82) is 0 Å². The van der Waals surface area contributed by atoms with Crippen LogP contribution in [0, 0.1) is 0 Å². The number of carbonyl (C=O) groups is 2. The van der Waals surface area contributed by atoms with Crippen molar-refractivity contribution in [2.45, 2.75) is 51.4 Å². The first-order chi connectivity index (χ1) is 22.0. The lowest BCUT2D eigenvalue weighted by molar-refractivity contribution is -0.128. The number of ether oxygens (including phenoxy) is 1. The Hall–Kier alpha value is -4.32. The molecular formula is C35H45FN6O4. The van der Waals surface area contributed by atoms with E-state index < -0.39 is 5.60 Å². The molecule has 1 saturated heterocycles. The van der Waals surface area contributed by atoms with Crippen LogP contribution in [0.4, 0.5) is 21.7 Å². The normalized spacial score (nSPS) is 14.0. The van der Waals surface area contributed by atoms with E-state index in [-0.39, 0.29) is 17.4 Å². The highest BCUT2D eigenvalue weighted by atomic mass is 19.2. The number of nitrogens with one attached hydrogen (secondary N) is 1. The van der Waals surface area contributed by atoms with Crippen LogP contribution >= 0.6 is 0 Å². The van der Waals surface area contributed by atoms with Crippen LogP contribution in [0.3, 0.4) is 0 Å². The fraction of sp³-hybridized carbons (Fsp3) is 0.400. The van der Waals surface area contributed by atoms with Gasteiger partial charge in [-0.05, 0) is 81.1 Å². The van der Waals surface area contributed by atoms with Crippen LogP contribution in [0.15, 0.2) is 73.1 Å². The summed E-state index contributed by atoms with van der Waals surface area (Å²) in [7, 11) is 4.84. The maximum atomic E-state index is 13.1. The number of piperidine rings is 1. The van der Waals surface area contributed by atoms with Crippen LogP contribution in [0.5, 0.6) is 0 Å². The fourth-order valence-electron chi connectivity index (χ4n) is 5.40. The zero-order chi connectivity index (χ0) is 33.3. The number of halogens is 1. The summed E-state index contributed by atoms with van der Waals surface area (Å²) in [5.41, 5.74) is 4.02. The van der Waals surface area contributed by atoms with Gasteiger partial charge in [-0.1, -0.05) is 16.6 Å².